The van der Waals surface area contributed by atoms with Gasteiger partial charge in [0.05, 0.1) is 10.3 Å². The number of hydrogen-bond acceptors (Lipinski definition) is 4. The Kier molecular flexibility index (Phi) is 3.88. The normalized spacial score (nSPS) is 13.2. The number of rotatable bonds is 3. The lowest BCUT2D eigenvalue weighted by atomic mass is 10.2. The van der Waals surface area contributed by atoms with Crippen LogP contribution in [-0.2, 0) is 19.5 Å². The first-order valence-electron chi connectivity index (χ1n) is 8.10. The zero-order valence-electron chi connectivity index (χ0n) is 13.6. The topological polar surface area (TPSA) is 64.0 Å². The molecule has 0 saturated carbocycles. The highest BCUT2D eigenvalue weighted by Crippen LogP contribution is 2.28. The first-order chi connectivity index (χ1) is 12.0. The number of benzene rings is 1. The average Bonchev–Trinajstić information content (AvgIpc) is 3.19. The van der Waals surface area contributed by atoms with Gasteiger partial charge in [-0.05, 0) is 36.6 Å². The summed E-state index contributed by atoms with van der Waals surface area (Å²) in [4.78, 5) is 30.9. The summed E-state index contributed by atoms with van der Waals surface area (Å²) in [5.74, 6) is 0.251. The molecule has 0 radical (unpaired) electrons. The van der Waals surface area contributed by atoms with E-state index in [9.17, 15) is 14.0 Å². The second-order valence-electron chi connectivity index (χ2n) is 6.13. The predicted molar refractivity (Wildman–Crippen MR) is 94.5 cm³/mol. The molecule has 0 spiro atoms. The fourth-order valence-corrected chi connectivity index (χ4v) is 4.26. The monoisotopic (exact) mass is 357 g/mol. The Morgan fingerprint density at radius 1 is 1.36 bits per heavy atom. The highest BCUT2D eigenvalue weighted by molar-refractivity contribution is 7.20. The summed E-state index contributed by atoms with van der Waals surface area (Å²) in [7, 11) is 0. The van der Waals surface area contributed by atoms with Crippen LogP contribution in [0.15, 0.2) is 29.1 Å². The number of halogens is 1. The summed E-state index contributed by atoms with van der Waals surface area (Å²) < 4.78 is 14.6. The SMILES string of the molecule is Cc1c(C(=O)NCc2ccc(F)cc2)sc2nc3n(c(=O)c12)CCC3. The molecule has 0 unspecified atom stereocenters. The van der Waals surface area contributed by atoms with Crippen molar-refractivity contribution in [1.82, 2.24) is 14.9 Å². The van der Waals surface area contributed by atoms with Gasteiger partial charge in [0.1, 0.15) is 16.5 Å². The van der Waals surface area contributed by atoms with Crippen LogP contribution in [0.1, 0.15) is 33.0 Å². The van der Waals surface area contributed by atoms with E-state index in [-0.39, 0.29) is 17.3 Å². The van der Waals surface area contributed by atoms with Crippen molar-refractivity contribution in [1.29, 1.82) is 0 Å². The van der Waals surface area contributed by atoms with Crippen molar-refractivity contribution >= 4 is 27.5 Å². The third-order valence-electron chi connectivity index (χ3n) is 4.48. The van der Waals surface area contributed by atoms with Gasteiger partial charge in [-0.3, -0.25) is 14.2 Å². The third-order valence-corrected chi connectivity index (χ3v) is 5.67. The maximum Gasteiger partial charge on any atom is 0.262 e. The lowest BCUT2D eigenvalue weighted by Crippen LogP contribution is -2.23. The summed E-state index contributed by atoms with van der Waals surface area (Å²) in [6.07, 6.45) is 1.73. The molecule has 1 N–H and O–H groups in total. The van der Waals surface area contributed by atoms with Crippen LogP contribution in [0.5, 0.6) is 0 Å². The van der Waals surface area contributed by atoms with Crippen LogP contribution in [-0.4, -0.2) is 15.5 Å². The number of carbonyl (C=O) groups excluding carboxylic acids is 1. The van der Waals surface area contributed by atoms with Gasteiger partial charge in [0.25, 0.3) is 11.5 Å². The Bertz CT molecular complexity index is 1040. The Morgan fingerprint density at radius 3 is 2.88 bits per heavy atom. The van der Waals surface area contributed by atoms with Gasteiger partial charge in [-0.15, -0.1) is 11.3 Å². The molecule has 1 amide bonds. The van der Waals surface area contributed by atoms with Crippen molar-refractivity contribution in [2.24, 2.45) is 0 Å². The molecular formula is C18H16FN3O2S. The van der Waals surface area contributed by atoms with Crippen LogP contribution in [0, 0.1) is 12.7 Å². The van der Waals surface area contributed by atoms with E-state index in [1.807, 2.05) is 0 Å². The van der Waals surface area contributed by atoms with Crippen LogP contribution in [0.2, 0.25) is 0 Å². The Labute approximate surface area is 147 Å². The van der Waals surface area contributed by atoms with E-state index in [0.29, 0.717) is 33.7 Å². The van der Waals surface area contributed by atoms with Crippen molar-refractivity contribution in [3.8, 4) is 0 Å². The van der Waals surface area contributed by atoms with Crippen LogP contribution in [0.3, 0.4) is 0 Å². The van der Waals surface area contributed by atoms with Crippen molar-refractivity contribution in [2.75, 3.05) is 0 Å². The highest BCUT2D eigenvalue weighted by Gasteiger charge is 2.23. The van der Waals surface area contributed by atoms with Crippen LogP contribution in [0.25, 0.3) is 10.2 Å². The number of hydrogen-bond donors (Lipinski definition) is 1. The minimum absolute atomic E-state index is 0.0520. The van der Waals surface area contributed by atoms with E-state index in [4.69, 9.17) is 0 Å². The summed E-state index contributed by atoms with van der Waals surface area (Å²) >= 11 is 1.25. The molecular weight excluding hydrogens is 341 g/mol. The van der Waals surface area contributed by atoms with E-state index in [2.05, 4.69) is 10.3 Å². The number of thiophene rings is 1. The fraction of sp³-hybridized carbons (Fsp3) is 0.278. The number of nitrogens with one attached hydrogen (secondary N) is 1. The highest BCUT2D eigenvalue weighted by atomic mass is 32.1. The molecule has 25 heavy (non-hydrogen) atoms. The number of aromatic nitrogens is 2. The zero-order valence-corrected chi connectivity index (χ0v) is 14.5. The molecule has 0 fully saturated rings. The number of amides is 1. The molecule has 5 nitrogen and oxygen atoms in total. The second-order valence-corrected chi connectivity index (χ2v) is 7.13. The molecule has 0 saturated heterocycles. The van der Waals surface area contributed by atoms with Gasteiger partial charge >= 0.3 is 0 Å². The van der Waals surface area contributed by atoms with Crippen LogP contribution in [0.4, 0.5) is 4.39 Å². The number of aryl methyl sites for hydroxylation is 2. The third kappa shape index (κ3) is 2.74. The van der Waals surface area contributed by atoms with Gasteiger partial charge in [0.2, 0.25) is 0 Å². The lowest BCUT2D eigenvalue weighted by molar-refractivity contribution is 0.0954. The van der Waals surface area contributed by atoms with Gasteiger partial charge in [0, 0.05) is 19.5 Å². The fourth-order valence-electron chi connectivity index (χ4n) is 3.16. The first kappa shape index (κ1) is 16.0. The summed E-state index contributed by atoms with van der Waals surface area (Å²) in [6, 6.07) is 5.98. The zero-order chi connectivity index (χ0) is 17.6. The minimum Gasteiger partial charge on any atom is -0.347 e. The smallest absolute Gasteiger partial charge is 0.262 e. The van der Waals surface area contributed by atoms with Crippen molar-refractivity contribution in [2.45, 2.75) is 32.9 Å². The molecule has 3 heterocycles. The number of fused-ring (bicyclic) bond motifs is 2. The molecule has 1 aromatic carbocycles. The molecule has 128 valence electrons. The molecule has 1 aliphatic rings. The molecule has 4 rings (SSSR count). The number of carbonyl (C=O) groups is 1. The van der Waals surface area contributed by atoms with Crippen LogP contribution >= 0.6 is 11.3 Å². The Morgan fingerprint density at radius 2 is 2.12 bits per heavy atom. The molecule has 0 atom stereocenters. The lowest BCUT2D eigenvalue weighted by Gasteiger charge is -2.04. The molecule has 3 aromatic rings. The van der Waals surface area contributed by atoms with Crippen molar-refractivity contribution in [3.63, 3.8) is 0 Å². The maximum absolute atomic E-state index is 12.9. The Hall–Kier alpha value is -2.54. The maximum atomic E-state index is 12.9. The summed E-state index contributed by atoms with van der Waals surface area (Å²) in [6.45, 7) is 2.78. The van der Waals surface area contributed by atoms with Gasteiger partial charge in [0.15, 0.2) is 0 Å². The molecule has 7 heteroatoms. The Balaban J connectivity index is 1.64. The molecule has 0 aliphatic carbocycles. The van der Waals surface area contributed by atoms with Gasteiger partial charge in [-0.2, -0.15) is 0 Å². The predicted octanol–water partition coefficient (Wildman–Crippen LogP) is 2.78. The van der Waals surface area contributed by atoms with E-state index in [1.165, 1.54) is 23.5 Å². The minimum atomic E-state index is -0.310. The van der Waals surface area contributed by atoms with E-state index >= 15 is 0 Å². The average molecular weight is 357 g/mol. The number of nitrogens with zero attached hydrogens (tertiary/aromatic N) is 2. The van der Waals surface area contributed by atoms with Crippen molar-refractivity contribution in [3.05, 3.63) is 62.3 Å². The van der Waals surface area contributed by atoms with Gasteiger partial charge < -0.3 is 5.32 Å². The van der Waals surface area contributed by atoms with Gasteiger partial charge in [-0.1, -0.05) is 12.1 Å². The summed E-state index contributed by atoms with van der Waals surface area (Å²) in [5.41, 5.74) is 1.44. The standard InChI is InChI=1S/C18H16FN3O2S/c1-10-14-17(21-13-3-2-8-22(13)18(14)24)25-15(10)16(23)20-9-11-4-6-12(19)7-5-11/h4-7H,2-3,8-9H2,1H3,(H,20,23). The van der Waals surface area contributed by atoms with E-state index in [0.717, 1.165) is 24.2 Å². The van der Waals surface area contributed by atoms with E-state index in [1.54, 1.807) is 23.6 Å². The first-order valence-corrected chi connectivity index (χ1v) is 8.91. The summed E-state index contributed by atoms with van der Waals surface area (Å²) in [5, 5.41) is 3.37. The van der Waals surface area contributed by atoms with Crippen LogP contribution < -0.4 is 10.9 Å². The molecule has 0 bridgehead atoms. The van der Waals surface area contributed by atoms with E-state index < -0.39 is 0 Å². The molecule has 2 aromatic heterocycles. The second kappa shape index (κ2) is 6.07. The molecule has 1 aliphatic heterocycles. The van der Waals surface area contributed by atoms with Gasteiger partial charge in [-0.25, -0.2) is 9.37 Å². The largest absolute Gasteiger partial charge is 0.347 e. The van der Waals surface area contributed by atoms with Crippen molar-refractivity contribution < 1.29 is 9.18 Å². The quantitative estimate of drug-likeness (QED) is 0.784.